The van der Waals surface area contributed by atoms with Gasteiger partial charge in [0.1, 0.15) is 5.70 Å². The zero-order valence-electron chi connectivity index (χ0n) is 12.0. The van der Waals surface area contributed by atoms with E-state index in [-0.39, 0.29) is 18.5 Å². The van der Waals surface area contributed by atoms with Gasteiger partial charge in [0.05, 0.1) is 6.54 Å². The molecular weight excluding hydrogens is 276 g/mol. The van der Waals surface area contributed by atoms with Crippen molar-refractivity contribution in [3.05, 3.63) is 83.6 Å². The van der Waals surface area contributed by atoms with Crippen LogP contribution in [0.1, 0.15) is 11.1 Å². The summed E-state index contributed by atoms with van der Waals surface area (Å²) >= 11 is 0. The van der Waals surface area contributed by atoms with Crippen LogP contribution in [0, 0.1) is 0 Å². The SMILES string of the molecule is O=C1N/C(=C\Cc2ccccc2)C(=O)N1Cc1ccccc1. The Labute approximate surface area is 129 Å². The van der Waals surface area contributed by atoms with Crippen molar-refractivity contribution in [2.45, 2.75) is 13.0 Å². The van der Waals surface area contributed by atoms with Crippen molar-refractivity contribution in [3.8, 4) is 0 Å². The molecule has 1 fully saturated rings. The Morgan fingerprint density at radius 1 is 0.864 bits per heavy atom. The molecule has 1 aliphatic rings. The van der Waals surface area contributed by atoms with Crippen LogP contribution in [0.25, 0.3) is 0 Å². The maximum Gasteiger partial charge on any atom is 0.329 e. The molecule has 2 aromatic rings. The van der Waals surface area contributed by atoms with Gasteiger partial charge in [0.15, 0.2) is 0 Å². The van der Waals surface area contributed by atoms with E-state index < -0.39 is 0 Å². The Morgan fingerprint density at radius 3 is 2.09 bits per heavy atom. The lowest BCUT2D eigenvalue weighted by atomic mass is 10.1. The van der Waals surface area contributed by atoms with E-state index in [0.29, 0.717) is 12.1 Å². The predicted octanol–water partition coefficient (Wildman–Crippen LogP) is 2.87. The average molecular weight is 292 g/mol. The standard InChI is InChI=1S/C18H16N2O2/c21-17-16(12-11-14-7-3-1-4-8-14)19-18(22)20(17)13-15-9-5-2-6-10-15/h1-10,12H,11,13H2,(H,19,22)/b16-12-. The topological polar surface area (TPSA) is 49.4 Å². The molecule has 0 aromatic heterocycles. The maximum atomic E-state index is 12.3. The fraction of sp³-hybridized carbons (Fsp3) is 0.111. The van der Waals surface area contributed by atoms with Gasteiger partial charge in [0.2, 0.25) is 0 Å². The lowest BCUT2D eigenvalue weighted by Gasteiger charge is -2.11. The van der Waals surface area contributed by atoms with Gasteiger partial charge >= 0.3 is 6.03 Å². The fourth-order valence-corrected chi connectivity index (χ4v) is 2.36. The third kappa shape index (κ3) is 3.06. The molecule has 0 saturated carbocycles. The molecule has 3 amide bonds. The molecule has 0 bridgehead atoms. The normalized spacial score (nSPS) is 16.2. The number of allylic oxidation sites excluding steroid dienone is 1. The van der Waals surface area contributed by atoms with Crippen LogP contribution >= 0.6 is 0 Å². The zero-order chi connectivity index (χ0) is 15.4. The number of benzene rings is 2. The van der Waals surface area contributed by atoms with E-state index in [9.17, 15) is 9.59 Å². The Bertz CT molecular complexity index is 708. The monoisotopic (exact) mass is 292 g/mol. The van der Waals surface area contributed by atoms with Gasteiger partial charge in [-0.15, -0.1) is 0 Å². The van der Waals surface area contributed by atoms with Gasteiger partial charge in [0.25, 0.3) is 5.91 Å². The van der Waals surface area contributed by atoms with Crippen molar-refractivity contribution in [2.24, 2.45) is 0 Å². The highest BCUT2D eigenvalue weighted by molar-refractivity contribution is 6.11. The van der Waals surface area contributed by atoms with E-state index >= 15 is 0 Å². The number of rotatable bonds is 4. The molecule has 2 aromatic carbocycles. The van der Waals surface area contributed by atoms with Gasteiger partial charge in [-0.25, -0.2) is 4.79 Å². The summed E-state index contributed by atoms with van der Waals surface area (Å²) in [6.45, 7) is 0.286. The summed E-state index contributed by atoms with van der Waals surface area (Å²) in [7, 11) is 0. The average Bonchev–Trinajstić information content (AvgIpc) is 2.82. The van der Waals surface area contributed by atoms with Crippen LogP contribution in [0.2, 0.25) is 0 Å². The second-order valence-corrected chi connectivity index (χ2v) is 5.11. The van der Waals surface area contributed by atoms with Crippen molar-refractivity contribution in [1.82, 2.24) is 10.2 Å². The van der Waals surface area contributed by atoms with Crippen LogP contribution in [-0.2, 0) is 17.8 Å². The summed E-state index contributed by atoms with van der Waals surface area (Å²) in [4.78, 5) is 25.5. The highest BCUT2D eigenvalue weighted by atomic mass is 16.2. The molecule has 0 atom stereocenters. The largest absolute Gasteiger partial charge is 0.329 e. The lowest BCUT2D eigenvalue weighted by Crippen LogP contribution is -2.30. The van der Waals surface area contributed by atoms with E-state index in [2.05, 4.69) is 5.32 Å². The van der Waals surface area contributed by atoms with Gasteiger partial charge in [-0.3, -0.25) is 9.69 Å². The summed E-state index contributed by atoms with van der Waals surface area (Å²) in [6, 6.07) is 18.9. The summed E-state index contributed by atoms with van der Waals surface area (Å²) in [5, 5.41) is 2.64. The van der Waals surface area contributed by atoms with Crippen LogP contribution in [0.15, 0.2) is 72.4 Å². The molecule has 3 rings (SSSR count). The number of carbonyl (C=O) groups excluding carboxylic acids is 2. The molecule has 4 heteroatoms. The van der Waals surface area contributed by atoms with Crippen molar-refractivity contribution >= 4 is 11.9 Å². The van der Waals surface area contributed by atoms with Crippen molar-refractivity contribution in [2.75, 3.05) is 0 Å². The van der Waals surface area contributed by atoms with Crippen molar-refractivity contribution < 1.29 is 9.59 Å². The van der Waals surface area contributed by atoms with Crippen LogP contribution in [0.4, 0.5) is 4.79 Å². The molecular formula is C18H16N2O2. The number of imide groups is 1. The molecule has 0 aliphatic carbocycles. The maximum absolute atomic E-state index is 12.3. The minimum absolute atomic E-state index is 0.273. The molecule has 0 spiro atoms. The van der Waals surface area contributed by atoms with E-state index in [1.165, 1.54) is 4.90 Å². The van der Waals surface area contributed by atoms with Gasteiger partial charge in [0, 0.05) is 0 Å². The lowest BCUT2D eigenvalue weighted by molar-refractivity contribution is -0.123. The molecule has 4 nitrogen and oxygen atoms in total. The van der Waals surface area contributed by atoms with Crippen LogP contribution in [0.3, 0.4) is 0 Å². The molecule has 110 valence electrons. The van der Waals surface area contributed by atoms with Crippen LogP contribution in [0.5, 0.6) is 0 Å². The number of hydrogen-bond donors (Lipinski definition) is 1. The van der Waals surface area contributed by atoms with Gasteiger partial charge < -0.3 is 5.32 Å². The number of hydrogen-bond acceptors (Lipinski definition) is 2. The Kier molecular flexibility index (Phi) is 4.01. The van der Waals surface area contributed by atoms with Crippen LogP contribution < -0.4 is 5.32 Å². The molecule has 0 radical (unpaired) electrons. The van der Waals surface area contributed by atoms with Gasteiger partial charge in [-0.1, -0.05) is 66.7 Å². The molecule has 22 heavy (non-hydrogen) atoms. The first-order chi connectivity index (χ1) is 10.7. The number of nitrogens with zero attached hydrogens (tertiary/aromatic N) is 1. The highest BCUT2D eigenvalue weighted by Gasteiger charge is 2.33. The summed E-state index contributed by atoms with van der Waals surface area (Å²) < 4.78 is 0. The molecule has 1 heterocycles. The minimum Gasteiger partial charge on any atom is -0.303 e. The second-order valence-electron chi connectivity index (χ2n) is 5.11. The van der Waals surface area contributed by atoms with E-state index in [4.69, 9.17) is 0 Å². The highest BCUT2D eigenvalue weighted by Crippen LogP contribution is 2.15. The summed E-state index contributed by atoms with van der Waals surface area (Å²) in [5.74, 6) is -0.273. The third-order valence-electron chi connectivity index (χ3n) is 3.53. The predicted molar refractivity (Wildman–Crippen MR) is 83.8 cm³/mol. The molecule has 0 unspecified atom stereocenters. The Hall–Kier alpha value is -2.88. The third-order valence-corrected chi connectivity index (χ3v) is 3.53. The molecule has 1 aliphatic heterocycles. The van der Waals surface area contributed by atoms with E-state index in [1.54, 1.807) is 6.08 Å². The number of amides is 3. The van der Waals surface area contributed by atoms with E-state index in [1.807, 2.05) is 60.7 Å². The number of urea groups is 1. The van der Waals surface area contributed by atoms with Crippen molar-refractivity contribution in [1.29, 1.82) is 0 Å². The Balaban J connectivity index is 1.71. The number of carbonyl (C=O) groups is 2. The van der Waals surface area contributed by atoms with Gasteiger partial charge in [-0.2, -0.15) is 0 Å². The van der Waals surface area contributed by atoms with Crippen LogP contribution in [-0.4, -0.2) is 16.8 Å². The molecule has 1 N–H and O–H groups in total. The second kappa shape index (κ2) is 6.26. The first-order valence-electron chi connectivity index (χ1n) is 7.15. The van der Waals surface area contributed by atoms with E-state index in [0.717, 1.165) is 11.1 Å². The first kappa shape index (κ1) is 14.1. The smallest absolute Gasteiger partial charge is 0.303 e. The Morgan fingerprint density at radius 2 is 1.45 bits per heavy atom. The quantitative estimate of drug-likeness (QED) is 0.696. The molecule has 1 saturated heterocycles. The minimum atomic E-state index is -0.367. The number of nitrogens with one attached hydrogen (secondary N) is 1. The fourth-order valence-electron chi connectivity index (χ4n) is 2.36. The van der Waals surface area contributed by atoms with Crippen molar-refractivity contribution in [3.63, 3.8) is 0 Å². The summed E-state index contributed by atoms with van der Waals surface area (Å²) in [5.41, 5.74) is 2.37. The van der Waals surface area contributed by atoms with Gasteiger partial charge in [-0.05, 0) is 17.5 Å². The summed E-state index contributed by atoms with van der Waals surface area (Å²) in [6.07, 6.45) is 2.38. The first-order valence-corrected chi connectivity index (χ1v) is 7.15. The zero-order valence-corrected chi connectivity index (χ0v) is 12.0.